The summed E-state index contributed by atoms with van der Waals surface area (Å²) < 4.78 is 4.95. The van der Waals surface area contributed by atoms with Crippen molar-refractivity contribution in [1.82, 2.24) is 0 Å². The third-order valence-corrected chi connectivity index (χ3v) is 3.20. The van der Waals surface area contributed by atoms with Crippen molar-refractivity contribution in [3.05, 3.63) is 11.3 Å². The Labute approximate surface area is 99.1 Å². The molecule has 0 fully saturated rings. The van der Waals surface area contributed by atoms with Crippen molar-refractivity contribution in [1.29, 1.82) is 0 Å². The first kappa shape index (κ1) is 13.3. The van der Waals surface area contributed by atoms with Gasteiger partial charge in [0, 0.05) is 6.42 Å². The molecule has 0 aliphatic carbocycles. The van der Waals surface area contributed by atoms with Crippen molar-refractivity contribution in [3.8, 4) is 0 Å². The van der Waals surface area contributed by atoms with Gasteiger partial charge in [0.15, 0.2) is 0 Å². The van der Waals surface area contributed by atoms with Crippen molar-refractivity contribution in [3.63, 3.8) is 0 Å². The number of rotatable bonds is 9. The van der Waals surface area contributed by atoms with Crippen molar-refractivity contribution in [2.45, 2.75) is 71.6 Å². The minimum absolute atomic E-state index is 0.130. The normalized spacial score (nSPS) is 15.0. The number of hydrogen-bond donors (Lipinski definition) is 0. The van der Waals surface area contributed by atoms with Crippen molar-refractivity contribution in [2.24, 2.45) is 0 Å². The fraction of sp³-hybridized carbons (Fsp3) is 0.786. The molecule has 0 amide bonds. The summed E-state index contributed by atoms with van der Waals surface area (Å²) in [5.74, 6) is 0.797. The summed E-state index contributed by atoms with van der Waals surface area (Å²) in [7, 11) is 0. The first-order valence-electron chi connectivity index (χ1n) is 6.67. The second kappa shape index (κ2) is 7.48. The predicted molar refractivity (Wildman–Crippen MR) is 66.0 cm³/mol. The number of hydrogen-bond acceptors (Lipinski definition) is 2. The molecule has 0 aromatic heterocycles. The van der Waals surface area contributed by atoms with E-state index < -0.39 is 0 Å². The zero-order valence-electron chi connectivity index (χ0n) is 10.7. The van der Waals surface area contributed by atoms with E-state index in [0.717, 1.165) is 24.2 Å². The number of allylic oxidation sites excluding steroid dienone is 1. The Morgan fingerprint density at radius 1 is 0.938 bits per heavy atom. The van der Waals surface area contributed by atoms with E-state index in [9.17, 15) is 4.79 Å². The monoisotopic (exact) mass is 224 g/mol. The summed E-state index contributed by atoms with van der Waals surface area (Å²) in [6.45, 7) is 4.10. The molecule has 16 heavy (non-hydrogen) atoms. The highest BCUT2D eigenvalue weighted by Crippen LogP contribution is 2.25. The van der Waals surface area contributed by atoms with Crippen LogP contribution in [0.15, 0.2) is 11.3 Å². The highest BCUT2D eigenvalue weighted by atomic mass is 16.6. The smallest absolute Gasteiger partial charge is 0.342 e. The van der Waals surface area contributed by atoms with Gasteiger partial charge >= 0.3 is 5.97 Å². The lowest BCUT2D eigenvalue weighted by molar-refractivity contribution is -0.140. The molecule has 1 heterocycles. The fourth-order valence-electron chi connectivity index (χ4n) is 1.99. The van der Waals surface area contributed by atoms with E-state index in [1.54, 1.807) is 0 Å². The van der Waals surface area contributed by atoms with Crippen LogP contribution in [0.3, 0.4) is 0 Å². The molecule has 0 atom stereocenters. The highest BCUT2D eigenvalue weighted by molar-refractivity contribution is 5.94. The molecule has 2 nitrogen and oxygen atoms in total. The van der Waals surface area contributed by atoms with Crippen molar-refractivity contribution in [2.75, 3.05) is 0 Å². The maximum absolute atomic E-state index is 10.8. The first-order valence-corrected chi connectivity index (χ1v) is 6.67. The molecule has 0 radical (unpaired) electrons. The lowest BCUT2D eigenvalue weighted by Crippen LogP contribution is -2.19. The Kier molecular flexibility index (Phi) is 6.20. The van der Waals surface area contributed by atoms with Gasteiger partial charge in [0.2, 0.25) is 0 Å². The van der Waals surface area contributed by atoms with Gasteiger partial charge in [0.25, 0.3) is 0 Å². The number of ether oxygens (including phenoxy) is 1. The van der Waals surface area contributed by atoms with E-state index >= 15 is 0 Å². The van der Waals surface area contributed by atoms with E-state index in [1.807, 2.05) is 6.92 Å². The third kappa shape index (κ3) is 4.38. The summed E-state index contributed by atoms with van der Waals surface area (Å²) in [6, 6.07) is 0. The van der Waals surface area contributed by atoms with E-state index in [4.69, 9.17) is 4.74 Å². The second-order valence-electron chi connectivity index (χ2n) is 4.66. The molecule has 1 aliphatic heterocycles. The zero-order valence-corrected chi connectivity index (χ0v) is 10.7. The third-order valence-electron chi connectivity index (χ3n) is 3.20. The van der Waals surface area contributed by atoms with Crippen molar-refractivity contribution < 1.29 is 9.53 Å². The molecule has 0 aromatic carbocycles. The van der Waals surface area contributed by atoms with Crippen LogP contribution in [0.1, 0.15) is 71.6 Å². The molecular formula is C14H24O2. The number of unbranched alkanes of at least 4 members (excludes halogenated alkanes) is 7. The second-order valence-corrected chi connectivity index (χ2v) is 4.66. The molecule has 92 valence electrons. The molecule has 1 rings (SSSR count). The van der Waals surface area contributed by atoms with Gasteiger partial charge in [-0.25, -0.2) is 4.79 Å². The largest absolute Gasteiger partial charge is 0.427 e. The number of carbonyl (C=O) groups is 1. The average Bonchev–Trinajstić information content (AvgIpc) is 2.30. The van der Waals surface area contributed by atoms with Gasteiger partial charge in [-0.05, 0) is 13.3 Å². The quantitative estimate of drug-likeness (QED) is 0.430. The molecule has 2 heteroatoms. The Balaban J connectivity index is 1.88. The highest BCUT2D eigenvalue weighted by Gasteiger charge is 2.24. The predicted octanol–water partition coefficient (Wildman–Crippen LogP) is 4.35. The Morgan fingerprint density at radius 3 is 2.00 bits per heavy atom. The van der Waals surface area contributed by atoms with Gasteiger partial charge in [-0.1, -0.05) is 51.9 Å². The number of esters is 1. The molecule has 0 saturated carbocycles. The lowest BCUT2D eigenvalue weighted by Gasteiger charge is -2.19. The molecule has 0 N–H and O–H groups in total. The number of cyclic esters (lactones) is 1. The molecule has 0 spiro atoms. The van der Waals surface area contributed by atoms with Gasteiger partial charge in [-0.15, -0.1) is 0 Å². The topological polar surface area (TPSA) is 26.3 Å². The van der Waals surface area contributed by atoms with Crippen LogP contribution in [0.4, 0.5) is 0 Å². The minimum Gasteiger partial charge on any atom is -0.427 e. The van der Waals surface area contributed by atoms with Crippen LogP contribution in [0, 0.1) is 0 Å². The molecular weight excluding hydrogens is 200 g/mol. The lowest BCUT2D eigenvalue weighted by atomic mass is 10.0. The maximum Gasteiger partial charge on any atom is 0.342 e. The standard InChI is InChI=1S/C14H24O2/c1-3-4-5-6-7-8-9-10-11-13-12(2)14(15)16-13/h3-11H2,1-2H3. The van der Waals surface area contributed by atoms with Crippen LogP contribution in [0.25, 0.3) is 0 Å². The van der Waals surface area contributed by atoms with Gasteiger partial charge in [-0.3, -0.25) is 0 Å². The van der Waals surface area contributed by atoms with Gasteiger partial charge in [0.05, 0.1) is 5.57 Å². The van der Waals surface area contributed by atoms with Crippen LogP contribution in [-0.4, -0.2) is 5.97 Å². The van der Waals surface area contributed by atoms with Gasteiger partial charge < -0.3 is 4.74 Å². The van der Waals surface area contributed by atoms with Crippen LogP contribution in [0.5, 0.6) is 0 Å². The van der Waals surface area contributed by atoms with Crippen molar-refractivity contribution >= 4 is 5.97 Å². The van der Waals surface area contributed by atoms with Gasteiger partial charge in [-0.2, -0.15) is 0 Å². The van der Waals surface area contributed by atoms with Crippen LogP contribution in [0.2, 0.25) is 0 Å². The number of carbonyl (C=O) groups excluding carboxylic acids is 1. The molecule has 0 saturated heterocycles. The van der Waals surface area contributed by atoms with E-state index in [0.29, 0.717) is 0 Å². The molecule has 1 aliphatic rings. The zero-order chi connectivity index (χ0) is 11.8. The molecule has 0 aromatic rings. The summed E-state index contributed by atoms with van der Waals surface area (Å²) in [6.07, 6.45) is 11.5. The summed E-state index contributed by atoms with van der Waals surface area (Å²) in [4.78, 5) is 10.8. The SMILES string of the molecule is CCCCCCCCCCC1=C(C)C(=O)O1. The summed E-state index contributed by atoms with van der Waals surface area (Å²) in [5.41, 5.74) is 0.836. The van der Waals surface area contributed by atoms with Crippen LogP contribution in [-0.2, 0) is 9.53 Å². The van der Waals surface area contributed by atoms with Gasteiger partial charge in [0.1, 0.15) is 5.76 Å². The molecule has 0 unspecified atom stereocenters. The average molecular weight is 224 g/mol. The van der Waals surface area contributed by atoms with Crippen LogP contribution < -0.4 is 0 Å². The summed E-state index contributed by atoms with van der Waals surface area (Å²) in [5, 5.41) is 0. The summed E-state index contributed by atoms with van der Waals surface area (Å²) >= 11 is 0. The Bertz CT molecular complexity index is 253. The molecule has 0 bridgehead atoms. The first-order chi connectivity index (χ1) is 7.75. The maximum atomic E-state index is 10.8. The Morgan fingerprint density at radius 2 is 1.50 bits per heavy atom. The van der Waals surface area contributed by atoms with E-state index in [1.165, 1.54) is 44.9 Å². The van der Waals surface area contributed by atoms with Crippen LogP contribution >= 0.6 is 0 Å². The van der Waals surface area contributed by atoms with E-state index in [2.05, 4.69) is 6.92 Å². The Hall–Kier alpha value is -0.790. The van der Waals surface area contributed by atoms with E-state index in [-0.39, 0.29) is 5.97 Å². The minimum atomic E-state index is -0.130. The fourth-order valence-corrected chi connectivity index (χ4v) is 1.99.